The van der Waals surface area contributed by atoms with Gasteiger partial charge in [0.2, 0.25) is 0 Å². The lowest BCUT2D eigenvalue weighted by Crippen LogP contribution is -1.93. The number of aromatic nitrogens is 1. The second-order valence-corrected chi connectivity index (χ2v) is 4.22. The van der Waals surface area contributed by atoms with E-state index >= 15 is 0 Å². The molecule has 0 aliphatic heterocycles. The van der Waals surface area contributed by atoms with Crippen LogP contribution in [-0.2, 0) is 0 Å². The van der Waals surface area contributed by atoms with Gasteiger partial charge in [-0.15, -0.1) is 0 Å². The van der Waals surface area contributed by atoms with Crippen LogP contribution in [0.4, 0.5) is 10.2 Å². The third kappa shape index (κ3) is 2.94. The van der Waals surface area contributed by atoms with Crippen LogP contribution >= 0.6 is 15.9 Å². The molecule has 0 aliphatic rings. The van der Waals surface area contributed by atoms with E-state index in [0.29, 0.717) is 16.0 Å². The quantitative estimate of drug-likeness (QED) is 0.935. The molecule has 1 aromatic carbocycles. The summed E-state index contributed by atoms with van der Waals surface area (Å²) in [7, 11) is 1.76. The lowest BCUT2D eigenvalue weighted by atomic mass is 10.3. The van der Waals surface area contributed by atoms with Crippen molar-refractivity contribution in [1.82, 2.24) is 4.98 Å². The van der Waals surface area contributed by atoms with Gasteiger partial charge < -0.3 is 10.1 Å². The van der Waals surface area contributed by atoms with E-state index in [9.17, 15) is 4.39 Å². The molecule has 0 saturated carbocycles. The number of hydrogen-bond donors (Lipinski definition) is 1. The van der Waals surface area contributed by atoms with Crippen molar-refractivity contribution < 1.29 is 9.13 Å². The second kappa shape index (κ2) is 5.14. The topological polar surface area (TPSA) is 34.1 Å². The van der Waals surface area contributed by atoms with Crippen molar-refractivity contribution in [3.63, 3.8) is 0 Å². The molecule has 0 spiro atoms. The standard InChI is InChI=1S/C12H10BrFN2O/c1-15-12-7-9(4-5-16-12)17-11-3-2-8(13)6-10(11)14/h2-7H,1H3,(H,15,16). The molecule has 17 heavy (non-hydrogen) atoms. The molecule has 5 heteroatoms. The monoisotopic (exact) mass is 296 g/mol. The Morgan fingerprint density at radius 2 is 2.12 bits per heavy atom. The van der Waals surface area contributed by atoms with E-state index in [1.54, 1.807) is 37.5 Å². The number of benzene rings is 1. The molecule has 2 rings (SSSR count). The first-order chi connectivity index (χ1) is 8.19. The van der Waals surface area contributed by atoms with Crippen LogP contribution in [-0.4, -0.2) is 12.0 Å². The van der Waals surface area contributed by atoms with Crippen LogP contribution in [0, 0.1) is 5.82 Å². The Morgan fingerprint density at radius 1 is 1.29 bits per heavy atom. The fourth-order valence-corrected chi connectivity index (χ4v) is 1.63. The number of ether oxygens (including phenoxy) is 1. The fraction of sp³-hybridized carbons (Fsp3) is 0.0833. The highest BCUT2D eigenvalue weighted by Crippen LogP contribution is 2.27. The average Bonchev–Trinajstić information content (AvgIpc) is 2.33. The number of nitrogens with zero attached hydrogens (tertiary/aromatic N) is 1. The van der Waals surface area contributed by atoms with Crippen molar-refractivity contribution in [2.24, 2.45) is 0 Å². The lowest BCUT2D eigenvalue weighted by molar-refractivity contribution is 0.441. The molecule has 1 N–H and O–H groups in total. The molecule has 0 atom stereocenters. The van der Waals surface area contributed by atoms with Crippen molar-refractivity contribution in [3.8, 4) is 11.5 Å². The van der Waals surface area contributed by atoms with Crippen LogP contribution in [0.2, 0.25) is 0 Å². The van der Waals surface area contributed by atoms with Crippen LogP contribution < -0.4 is 10.1 Å². The molecule has 0 radical (unpaired) electrons. The summed E-state index contributed by atoms with van der Waals surface area (Å²) in [6.07, 6.45) is 1.60. The van der Waals surface area contributed by atoms with Gasteiger partial charge in [0.05, 0.1) is 0 Å². The highest BCUT2D eigenvalue weighted by atomic mass is 79.9. The van der Waals surface area contributed by atoms with Gasteiger partial charge in [0.1, 0.15) is 11.6 Å². The molecule has 1 aromatic heterocycles. The molecular formula is C12H10BrFN2O. The SMILES string of the molecule is CNc1cc(Oc2ccc(Br)cc2F)ccn1. The van der Waals surface area contributed by atoms with Crippen LogP contribution in [0.25, 0.3) is 0 Å². The van der Waals surface area contributed by atoms with Gasteiger partial charge in [-0.1, -0.05) is 15.9 Å². The van der Waals surface area contributed by atoms with Gasteiger partial charge in [-0.2, -0.15) is 0 Å². The first-order valence-electron chi connectivity index (χ1n) is 4.96. The van der Waals surface area contributed by atoms with E-state index < -0.39 is 5.82 Å². The summed E-state index contributed by atoms with van der Waals surface area (Å²) in [5.41, 5.74) is 0. The van der Waals surface area contributed by atoms with E-state index in [1.165, 1.54) is 6.07 Å². The van der Waals surface area contributed by atoms with Gasteiger partial charge >= 0.3 is 0 Å². The van der Waals surface area contributed by atoms with Gasteiger partial charge in [-0.3, -0.25) is 0 Å². The third-order valence-corrected chi connectivity index (χ3v) is 2.60. The van der Waals surface area contributed by atoms with Gasteiger partial charge in [0, 0.05) is 23.8 Å². The van der Waals surface area contributed by atoms with Gasteiger partial charge in [-0.05, 0) is 24.3 Å². The maximum atomic E-state index is 13.5. The van der Waals surface area contributed by atoms with Gasteiger partial charge in [-0.25, -0.2) is 9.37 Å². The Morgan fingerprint density at radius 3 is 2.82 bits per heavy atom. The van der Waals surface area contributed by atoms with Crippen LogP contribution in [0.5, 0.6) is 11.5 Å². The molecular weight excluding hydrogens is 287 g/mol. The minimum absolute atomic E-state index is 0.182. The summed E-state index contributed by atoms with van der Waals surface area (Å²) in [6.45, 7) is 0. The summed E-state index contributed by atoms with van der Waals surface area (Å²) in [5, 5.41) is 2.88. The molecule has 0 unspecified atom stereocenters. The summed E-state index contributed by atoms with van der Waals surface area (Å²) in [5.74, 6) is 0.967. The summed E-state index contributed by atoms with van der Waals surface area (Å²) in [6, 6.07) is 8.01. The third-order valence-electron chi connectivity index (χ3n) is 2.11. The predicted octanol–water partition coefficient (Wildman–Crippen LogP) is 3.82. The van der Waals surface area contributed by atoms with Crippen molar-refractivity contribution >= 4 is 21.7 Å². The Labute approximate surface area is 107 Å². The molecule has 0 amide bonds. The second-order valence-electron chi connectivity index (χ2n) is 3.30. The van der Waals surface area contributed by atoms with E-state index in [0.717, 1.165) is 0 Å². The Bertz CT molecular complexity index is 534. The summed E-state index contributed by atoms with van der Waals surface area (Å²) in [4.78, 5) is 4.04. The number of hydrogen-bond acceptors (Lipinski definition) is 3. The molecule has 0 aliphatic carbocycles. The smallest absolute Gasteiger partial charge is 0.166 e. The molecule has 0 bridgehead atoms. The number of pyridine rings is 1. The zero-order valence-electron chi connectivity index (χ0n) is 9.08. The van der Waals surface area contributed by atoms with E-state index in [4.69, 9.17) is 4.74 Å². The first-order valence-corrected chi connectivity index (χ1v) is 5.75. The van der Waals surface area contributed by atoms with E-state index in [2.05, 4.69) is 26.2 Å². The number of rotatable bonds is 3. The largest absolute Gasteiger partial charge is 0.454 e. The van der Waals surface area contributed by atoms with Crippen molar-refractivity contribution in [2.75, 3.05) is 12.4 Å². The number of nitrogens with one attached hydrogen (secondary N) is 1. The lowest BCUT2D eigenvalue weighted by Gasteiger charge is -2.07. The van der Waals surface area contributed by atoms with Gasteiger partial charge in [0.25, 0.3) is 0 Å². The maximum absolute atomic E-state index is 13.5. The number of halogens is 2. The number of anilines is 1. The normalized spacial score (nSPS) is 10.1. The zero-order valence-corrected chi connectivity index (χ0v) is 10.7. The van der Waals surface area contributed by atoms with Crippen molar-refractivity contribution in [2.45, 2.75) is 0 Å². The zero-order chi connectivity index (χ0) is 12.3. The average molecular weight is 297 g/mol. The molecule has 3 nitrogen and oxygen atoms in total. The summed E-state index contributed by atoms with van der Waals surface area (Å²) >= 11 is 3.19. The van der Waals surface area contributed by atoms with Crippen molar-refractivity contribution in [1.29, 1.82) is 0 Å². The Kier molecular flexibility index (Phi) is 3.58. The minimum Gasteiger partial charge on any atom is -0.454 e. The molecule has 0 saturated heterocycles. The highest BCUT2D eigenvalue weighted by Gasteiger charge is 2.05. The molecule has 2 aromatic rings. The molecule has 0 fully saturated rings. The Hall–Kier alpha value is -1.62. The summed E-state index contributed by atoms with van der Waals surface area (Å²) < 4.78 is 19.6. The van der Waals surface area contributed by atoms with E-state index in [1.807, 2.05) is 0 Å². The fourth-order valence-electron chi connectivity index (χ4n) is 1.30. The van der Waals surface area contributed by atoms with Crippen molar-refractivity contribution in [3.05, 3.63) is 46.8 Å². The first kappa shape index (κ1) is 11.9. The Balaban J connectivity index is 2.25. The minimum atomic E-state index is -0.415. The van der Waals surface area contributed by atoms with Crippen LogP contribution in [0.1, 0.15) is 0 Å². The van der Waals surface area contributed by atoms with Crippen LogP contribution in [0.3, 0.4) is 0 Å². The molecule has 88 valence electrons. The maximum Gasteiger partial charge on any atom is 0.166 e. The van der Waals surface area contributed by atoms with E-state index in [-0.39, 0.29) is 5.75 Å². The predicted molar refractivity (Wildman–Crippen MR) is 68.0 cm³/mol. The molecule has 1 heterocycles. The van der Waals surface area contributed by atoms with Gasteiger partial charge in [0.15, 0.2) is 11.6 Å². The highest BCUT2D eigenvalue weighted by molar-refractivity contribution is 9.10. The van der Waals surface area contributed by atoms with Crippen LogP contribution in [0.15, 0.2) is 41.0 Å².